The summed E-state index contributed by atoms with van der Waals surface area (Å²) >= 11 is 0. The Labute approximate surface area is 540 Å². The molecule has 7 rings (SSSR count). The van der Waals surface area contributed by atoms with Crippen LogP contribution in [-0.2, 0) is 63.6 Å². The first-order valence-corrected chi connectivity index (χ1v) is 33.4. The van der Waals surface area contributed by atoms with Gasteiger partial charge in [-0.15, -0.1) is 0 Å². The van der Waals surface area contributed by atoms with Gasteiger partial charge in [-0.2, -0.15) is 0 Å². The highest BCUT2D eigenvalue weighted by atomic mass is 16.7. The summed E-state index contributed by atoms with van der Waals surface area (Å²) in [5.41, 5.74) is -6.31. The van der Waals surface area contributed by atoms with Gasteiger partial charge in [0, 0.05) is 121 Å². The van der Waals surface area contributed by atoms with E-state index in [1.54, 1.807) is 55.0 Å². The third-order valence-corrected chi connectivity index (χ3v) is 21.4. The summed E-state index contributed by atoms with van der Waals surface area (Å²) in [6.07, 6.45) is -4.22. The predicted octanol–water partition coefficient (Wildman–Crippen LogP) is 5.89. The van der Waals surface area contributed by atoms with Crippen LogP contribution in [0.25, 0.3) is 0 Å². The normalized spacial score (nSPS) is 40.5. The number of Topliss-reactive ketones (excluding diaryl/α,β-unsaturated/α-hetero) is 2. The molecule has 21 nitrogen and oxygen atoms in total. The number of hydrogen-bond donors (Lipinski definition) is 2. The van der Waals surface area contributed by atoms with Gasteiger partial charge in [-0.05, 0) is 152 Å². The van der Waals surface area contributed by atoms with Crippen LogP contribution in [0.4, 0.5) is 0 Å². The minimum Gasteiger partial charge on any atom is -0.463 e. The first-order valence-electron chi connectivity index (χ1n) is 33.4. The van der Waals surface area contributed by atoms with Crippen LogP contribution in [0, 0.1) is 51.2 Å². The molecule has 19 atom stereocenters. The number of aliphatic hydroxyl groups excluding tert-OH is 2. The van der Waals surface area contributed by atoms with Crippen molar-refractivity contribution in [3.63, 3.8) is 0 Å². The lowest BCUT2D eigenvalue weighted by molar-refractivity contribution is -0.297. The molecule has 6 aliphatic heterocycles. The lowest BCUT2D eigenvalue weighted by Gasteiger charge is -2.51. The number of esters is 2. The molecule has 6 aliphatic rings. The van der Waals surface area contributed by atoms with Gasteiger partial charge in [-0.1, -0.05) is 54.5 Å². The molecule has 6 saturated heterocycles. The van der Waals surface area contributed by atoms with Crippen molar-refractivity contribution in [3.05, 3.63) is 30.1 Å². The summed E-state index contributed by atoms with van der Waals surface area (Å²) in [4.78, 5) is 80.9. The Morgan fingerprint density at radius 3 is 1.64 bits per heavy atom. The molecule has 21 heteroatoms. The molecule has 2 N–H and O–H groups in total. The van der Waals surface area contributed by atoms with Gasteiger partial charge >= 0.3 is 11.9 Å². The van der Waals surface area contributed by atoms with Crippen LogP contribution < -0.4 is 0 Å². The fourth-order valence-corrected chi connectivity index (χ4v) is 16.7. The van der Waals surface area contributed by atoms with Gasteiger partial charge in [0.05, 0.1) is 41.3 Å². The SMILES string of the molecule is CO[C@]1(C)C[C@](C)(CC2(C)C(=O)OC[C@@H](C3CN(CC(C)(C)C)C3)N(C)C[C@H](C)C[C@@](C)(OC)[C@H](O[C@@H]3O[C@H](C)C[C@H](N(C)C)[C@H]3O)[C@@H](C)C2=O)CN(C)[C@H](C2CN(Cc3ccccn3)C2)COC(=O)C(C)(C)C(=O)[C@H](C)[C@H]1O[C@@H]1O[C@H](C)C[C@H](N(C)C)[C@H]1O. The fourth-order valence-electron chi connectivity index (χ4n) is 16.7. The number of rotatable bonds is 15. The van der Waals surface area contributed by atoms with E-state index in [2.05, 4.69) is 66.2 Å². The molecule has 7 heterocycles. The second-order valence-electron chi connectivity index (χ2n) is 32.0. The zero-order chi connectivity index (χ0) is 67.0. The van der Waals surface area contributed by atoms with E-state index >= 15 is 14.4 Å². The molecule has 1 aromatic heterocycles. The highest BCUT2D eigenvalue weighted by molar-refractivity contribution is 6.05. The van der Waals surface area contributed by atoms with Gasteiger partial charge in [0.25, 0.3) is 0 Å². The number of aliphatic hydroxyl groups is 2. The third-order valence-electron chi connectivity index (χ3n) is 21.4. The monoisotopic (exact) mass is 1270 g/mol. The molecule has 0 aliphatic carbocycles. The highest BCUT2D eigenvalue weighted by Gasteiger charge is 2.59. The van der Waals surface area contributed by atoms with Crippen LogP contribution in [0.5, 0.6) is 0 Å². The second kappa shape index (κ2) is 29.5. The van der Waals surface area contributed by atoms with E-state index in [-0.39, 0.29) is 86.1 Å². The molecule has 1 unspecified atom stereocenters. The molecule has 90 heavy (non-hydrogen) atoms. The summed E-state index contributed by atoms with van der Waals surface area (Å²) in [5, 5.41) is 24.3. The lowest BCUT2D eigenvalue weighted by atomic mass is 9.62. The van der Waals surface area contributed by atoms with Crippen molar-refractivity contribution in [2.24, 2.45) is 51.2 Å². The maximum absolute atomic E-state index is 16.8. The number of likely N-dealkylation sites (tertiary alicyclic amines) is 2. The van der Waals surface area contributed by atoms with Gasteiger partial charge in [0.2, 0.25) is 0 Å². The third kappa shape index (κ3) is 16.9. The van der Waals surface area contributed by atoms with Gasteiger partial charge in [-0.3, -0.25) is 38.9 Å². The number of methoxy groups -OCH3 is 2. The number of carbonyl (C=O) groups excluding carboxylic acids is 4. The van der Waals surface area contributed by atoms with Crippen LogP contribution in [0.1, 0.15) is 135 Å². The van der Waals surface area contributed by atoms with Gasteiger partial charge in [0.15, 0.2) is 24.1 Å². The van der Waals surface area contributed by atoms with Crippen molar-refractivity contribution >= 4 is 23.5 Å². The van der Waals surface area contributed by atoms with E-state index < -0.39 is 106 Å². The minimum absolute atomic E-state index is 0.00577. The van der Waals surface area contributed by atoms with E-state index in [4.69, 9.17) is 37.9 Å². The summed E-state index contributed by atoms with van der Waals surface area (Å²) in [6, 6.07) is 4.60. The minimum atomic E-state index is -1.92. The number of pyridine rings is 1. The smallest absolute Gasteiger partial charge is 0.319 e. The van der Waals surface area contributed by atoms with E-state index in [0.29, 0.717) is 45.4 Å². The Morgan fingerprint density at radius 1 is 0.667 bits per heavy atom. The molecular formula is C69H119N7O14. The first kappa shape index (κ1) is 74.3. The number of carbonyl (C=O) groups is 4. The zero-order valence-electron chi connectivity index (χ0n) is 59.2. The molecule has 514 valence electrons. The Balaban J connectivity index is 1.39. The second-order valence-corrected chi connectivity index (χ2v) is 32.0. The summed E-state index contributed by atoms with van der Waals surface area (Å²) < 4.78 is 53.8. The molecule has 0 radical (unpaired) electrons. The fraction of sp³-hybridized carbons (Fsp3) is 0.870. The maximum atomic E-state index is 16.8. The molecular weight excluding hydrogens is 1150 g/mol. The Bertz CT molecular complexity index is 2550. The molecule has 0 bridgehead atoms. The lowest BCUT2D eigenvalue weighted by Crippen LogP contribution is -2.61. The number of likely N-dealkylation sites (N-methyl/N-ethyl adjacent to an activating group) is 4. The number of ketones is 2. The zero-order valence-corrected chi connectivity index (χ0v) is 59.2. The highest BCUT2D eigenvalue weighted by Crippen LogP contribution is 2.50. The van der Waals surface area contributed by atoms with E-state index in [9.17, 15) is 15.0 Å². The van der Waals surface area contributed by atoms with Gasteiger partial charge < -0.3 is 62.8 Å². The summed E-state index contributed by atoms with van der Waals surface area (Å²) in [7, 11) is 14.9. The standard InChI is InChI=1S/C69H119N7O14/c1-42-29-68(13,83-21)58(89-60-54(77)50(71(15)16)27-43(2)87-60)46(5)57(80)67(12,63(82)86-36-52(73(19)30-42)48-33-76(34-48)40-64(6,7)8)38-66(11)39-69(14,84-22)59(90-61-55(78)51(72(17)18)28-44(3)88-61)45(4)56(79)65(9,10)62(81)85-37-53(74(20)41-66)47-31-75(32-47)35-49-25-23-24-26-70-49/h23-26,42-48,50-55,58-61,77-78H,27-41H2,1-22H3/t42-,43-,44-,45+,46+,50+,51+,52+,53+,54-,55-,58-,59-,60+,61+,66+,67?,68-,69-/m1/s1. The Morgan fingerprint density at radius 2 is 1.16 bits per heavy atom. The molecule has 1 aromatic rings. The topological polar surface area (TPSA) is 215 Å². The van der Waals surface area contributed by atoms with Crippen LogP contribution in [-0.4, -0.2) is 268 Å². The predicted molar refractivity (Wildman–Crippen MR) is 344 cm³/mol. The number of cyclic esters (lactones) is 2. The van der Waals surface area contributed by atoms with E-state index in [1.165, 1.54) is 0 Å². The largest absolute Gasteiger partial charge is 0.463 e. The van der Waals surface area contributed by atoms with E-state index in [0.717, 1.165) is 25.3 Å². The van der Waals surface area contributed by atoms with E-state index in [1.807, 2.05) is 90.9 Å². The van der Waals surface area contributed by atoms with Crippen molar-refractivity contribution in [2.45, 2.75) is 220 Å². The summed E-state index contributed by atoms with van der Waals surface area (Å²) in [6.45, 7) is 32.4. The maximum Gasteiger partial charge on any atom is 0.319 e. The van der Waals surface area contributed by atoms with Crippen LogP contribution >= 0.6 is 0 Å². The van der Waals surface area contributed by atoms with Crippen molar-refractivity contribution in [3.8, 4) is 0 Å². The van der Waals surface area contributed by atoms with Crippen LogP contribution in [0.15, 0.2) is 24.4 Å². The molecule has 0 saturated carbocycles. The average Bonchev–Trinajstić information content (AvgIpc) is 1.06. The Kier molecular flexibility index (Phi) is 24.3. The Hall–Kier alpha value is -3.13. The van der Waals surface area contributed by atoms with Crippen molar-refractivity contribution in [1.29, 1.82) is 0 Å². The molecule has 0 amide bonds. The number of aromatic nitrogens is 1. The van der Waals surface area contributed by atoms with Gasteiger partial charge in [0.1, 0.15) is 36.3 Å². The van der Waals surface area contributed by atoms with Crippen molar-refractivity contribution in [1.82, 2.24) is 34.4 Å². The number of nitrogens with zero attached hydrogens (tertiary/aromatic N) is 7. The van der Waals surface area contributed by atoms with Crippen molar-refractivity contribution < 1.29 is 67.3 Å². The van der Waals surface area contributed by atoms with Gasteiger partial charge in [-0.25, -0.2) is 0 Å². The molecule has 0 aromatic carbocycles. The summed E-state index contributed by atoms with van der Waals surface area (Å²) in [5.74, 6) is -4.26. The molecule has 0 spiro atoms. The quantitative estimate of drug-likeness (QED) is 0.155. The number of hydrogen-bond acceptors (Lipinski definition) is 21. The average molecular weight is 1270 g/mol. The number of ether oxygens (including phenoxy) is 8. The van der Waals surface area contributed by atoms with Crippen molar-refractivity contribution in [2.75, 3.05) is 116 Å². The van der Waals surface area contributed by atoms with Crippen LogP contribution in [0.3, 0.4) is 0 Å². The molecule has 6 fully saturated rings. The van der Waals surface area contributed by atoms with Crippen LogP contribution in [0.2, 0.25) is 0 Å². The first-order chi connectivity index (χ1) is 41.8.